The zero-order valence-corrected chi connectivity index (χ0v) is 8.92. The molecule has 1 fully saturated rings. The summed E-state index contributed by atoms with van der Waals surface area (Å²) in [6.45, 7) is 4.91. The maximum absolute atomic E-state index is 10.5. The first-order valence-corrected chi connectivity index (χ1v) is 5.57. The van der Waals surface area contributed by atoms with Crippen LogP contribution in [0.4, 0.5) is 0 Å². The van der Waals surface area contributed by atoms with Gasteiger partial charge >= 0.3 is 0 Å². The molecule has 0 aromatic carbocycles. The monoisotopic (exact) mass is 185 g/mol. The van der Waals surface area contributed by atoms with Crippen LogP contribution in [-0.4, -0.2) is 17.3 Å². The van der Waals surface area contributed by atoms with Gasteiger partial charge in [-0.05, 0) is 37.6 Å². The van der Waals surface area contributed by atoms with Crippen molar-refractivity contribution in [3.63, 3.8) is 0 Å². The highest BCUT2D eigenvalue weighted by Gasteiger charge is 2.41. The molecule has 1 saturated carbocycles. The lowest BCUT2D eigenvalue weighted by Gasteiger charge is -2.43. The van der Waals surface area contributed by atoms with Crippen molar-refractivity contribution in [2.24, 2.45) is 17.6 Å². The first-order chi connectivity index (χ1) is 6.15. The third-order valence-corrected chi connectivity index (χ3v) is 3.80. The second-order valence-corrected chi connectivity index (χ2v) is 4.48. The number of aliphatic hydroxyl groups is 1. The molecular weight excluding hydrogens is 162 g/mol. The van der Waals surface area contributed by atoms with Crippen LogP contribution in [0.2, 0.25) is 0 Å². The Morgan fingerprint density at radius 1 is 1.54 bits per heavy atom. The lowest BCUT2D eigenvalue weighted by Crippen LogP contribution is -2.48. The van der Waals surface area contributed by atoms with Gasteiger partial charge in [-0.1, -0.05) is 26.7 Å². The summed E-state index contributed by atoms with van der Waals surface area (Å²) < 4.78 is 0. The van der Waals surface area contributed by atoms with Crippen LogP contribution in [0, 0.1) is 11.8 Å². The van der Waals surface area contributed by atoms with Crippen molar-refractivity contribution in [3.05, 3.63) is 0 Å². The number of rotatable bonds is 3. The lowest BCUT2D eigenvalue weighted by atomic mass is 9.68. The van der Waals surface area contributed by atoms with Crippen LogP contribution >= 0.6 is 0 Å². The molecule has 0 spiro atoms. The van der Waals surface area contributed by atoms with Crippen LogP contribution in [-0.2, 0) is 0 Å². The Hall–Kier alpha value is -0.0800. The summed E-state index contributed by atoms with van der Waals surface area (Å²) >= 11 is 0. The van der Waals surface area contributed by atoms with Crippen LogP contribution in [0.5, 0.6) is 0 Å². The van der Waals surface area contributed by atoms with Gasteiger partial charge in [0.2, 0.25) is 0 Å². The molecular formula is C11H23NO. The quantitative estimate of drug-likeness (QED) is 0.705. The molecule has 2 heteroatoms. The van der Waals surface area contributed by atoms with E-state index in [2.05, 4.69) is 13.8 Å². The predicted octanol–water partition coefficient (Wildman–Crippen LogP) is 1.91. The van der Waals surface area contributed by atoms with Gasteiger partial charge in [0.15, 0.2) is 0 Å². The van der Waals surface area contributed by atoms with Crippen molar-refractivity contribution in [1.82, 2.24) is 0 Å². The molecule has 78 valence electrons. The number of hydrogen-bond donors (Lipinski definition) is 2. The third-order valence-electron chi connectivity index (χ3n) is 3.80. The highest BCUT2D eigenvalue weighted by Crippen LogP contribution is 2.39. The Bertz CT molecular complexity index is 156. The molecule has 3 N–H and O–H groups in total. The van der Waals surface area contributed by atoms with E-state index in [1.54, 1.807) is 0 Å². The molecule has 13 heavy (non-hydrogen) atoms. The molecule has 1 aliphatic carbocycles. The van der Waals surface area contributed by atoms with Crippen LogP contribution in [0.15, 0.2) is 0 Å². The fraction of sp³-hybridized carbons (Fsp3) is 1.00. The first-order valence-electron chi connectivity index (χ1n) is 5.57. The van der Waals surface area contributed by atoms with E-state index in [9.17, 15) is 5.11 Å². The zero-order valence-electron chi connectivity index (χ0n) is 8.92. The lowest BCUT2D eigenvalue weighted by molar-refractivity contribution is -0.0872. The van der Waals surface area contributed by atoms with Gasteiger partial charge in [0.05, 0.1) is 5.60 Å². The second-order valence-electron chi connectivity index (χ2n) is 4.48. The molecule has 2 nitrogen and oxygen atoms in total. The van der Waals surface area contributed by atoms with E-state index < -0.39 is 5.60 Å². The second kappa shape index (κ2) is 4.43. The van der Waals surface area contributed by atoms with E-state index in [1.165, 1.54) is 6.42 Å². The Balaban J connectivity index is 2.69. The molecule has 0 aliphatic heterocycles. The van der Waals surface area contributed by atoms with Gasteiger partial charge in [-0.2, -0.15) is 0 Å². The maximum Gasteiger partial charge on any atom is 0.0713 e. The van der Waals surface area contributed by atoms with Crippen molar-refractivity contribution in [1.29, 1.82) is 0 Å². The van der Waals surface area contributed by atoms with E-state index in [4.69, 9.17) is 5.73 Å². The van der Waals surface area contributed by atoms with Crippen molar-refractivity contribution in [2.75, 3.05) is 6.54 Å². The molecule has 1 aliphatic rings. The van der Waals surface area contributed by atoms with Crippen LogP contribution in [0.25, 0.3) is 0 Å². The highest BCUT2D eigenvalue weighted by molar-refractivity contribution is 4.93. The average Bonchev–Trinajstić information content (AvgIpc) is 2.12. The van der Waals surface area contributed by atoms with E-state index >= 15 is 0 Å². The van der Waals surface area contributed by atoms with E-state index in [-0.39, 0.29) is 0 Å². The van der Waals surface area contributed by atoms with Crippen molar-refractivity contribution in [2.45, 2.75) is 51.6 Å². The predicted molar refractivity (Wildman–Crippen MR) is 55.4 cm³/mol. The van der Waals surface area contributed by atoms with E-state index in [0.717, 1.165) is 25.7 Å². The molecule has 0 heterocycles. The summed E-state index contributed by atoms with van der Waals surface area (Å²) in [5.74, 6) is 0.720. The Labute approximate surface area is 81.5 Å². The smallest absolute Gasteiger partial charge is 0.0713 e. The summed E-state index contributed by atoms with van der Waals surface area (Å²) in [6.07, 6.45) is 5.54. The molecule has 0 aromatic heterocycles. The van der Waals surface area contributed by atoms with Crippen molar-refractivity contribution in [3.8, 4) is 0 Å². The number of hydrogen-bond acceptors (Lipinski definition) is 2. The van der Waals surface area contributed by atoms with Crippen molar-refractivity contribution >= 4 is 0 Å². The van der Waals surface area contributed by atoms with Gasteiger partial charge in [0.1, 0.15) is 0 Å². The van der Waals surface area contributed by atoms with Gasteiger partial charge in [-0.25, -0.2) is 0 Å². The molecule has 0 amide bonds. The summed E-state index contributed by atoms with van der Waals surface area (Å²) in [4.78, 5) is 0. The Morgan fingerprint density at radius 2 is 2.23 bits per heavy atom. The summed E-state index contributed by atoms with van der Waals surface area (Å²) in [6, 6.07) is 0. The molecule has 0 bridgehead atoms. The van der Waals surface area contributed by atoms with Crippen LogP contribution in [0.3, 0.4) is 0 Å². The summed E-state index contributed by atoms with van der Waals surface area (Å²) in [7, 11) is 0. The minimum absolute atomic E-state index is 0.294. The van der Waals surface area contributed by atoms with Gasteiger partial charge in [-0.3, -0.25) is 0 Å². The standard InChI is InChI=1S/C11H23NO/c1-3-10(8-12)11(13)7-5-4-6-9(11)2/h9-10,13H,3-8,12H2,1-2H3. The molecule has 3 atom stereocenters. The van der Waals surface area contributed by atoms with Gasteiger partial charge in [-0.15, -0.1) is 0 Å². The molecule has 0 aromatic rings. The maximum atomic E-state index is 10.5. The fourth-order valence-electron chi connectivity index (χ4n) is 2.69. The van der Waals surface area contributed by atoms with Gasteiger partial charge in [0, 0.05) is 0 Å². The number of nitrogens with two attached hydrogens (primary N) is 1. The average molecular weight is 185 g/mol. The van der Waals surface area contributed by atoms with Crippen LogP contribution < -0.4 is 5.73 Å². The zero-order chi connectivity index (χ0) is 9.90. The largest absolute Gasteiger partial charge is 0.389 e. The molecule has 0 radical (unpaired) electrons. The topological polar surface area (TPSA) is 46.2 Å². The molecule has 1 rings (SSSR count). The molecule has 3 unspecified atom stereocenters. The van der Waals surface area contributed by atoms with Gasteiger partial charge < -0.3 is 10.8 Å². The summed E-state index contributed by atoms with van der Waals surface area (Å²) in [5, 5.41) is 10.5. The normalized spacial score (nSPS) is 37.4. The van der Waals surface area contributed by atoms with Gasteiger partial charge in [0.25, 0.3) is 0 Å². The van der Waals surface area contributed by atoms with Crippen LogP contribution in [0.1, 0.15) is 46.0 Å². The Morgan fingerprint density at radius 3 is 2.69 bits per heavy atom. The SMILES string of the molecule is CCC(CN)C1(O)CCCCC1C. The minimum Gasteiger partial charge on any atom is -0.389 e. The summed E-state index contributed by atoms with van der Waals surface area (Å²) in [5.41, 5.74) is 5.23. The molecule has 0 saturated heterocycles. The first kappa shape index (κ1) is 11.0. The third kappa shape index (κ3) is 2.05. The minimum atomic E-state index is -0.470. The Kier molecular flexibility index (Phi) is 3.74. The van der Waals surface area contributed by atoms with Crippen molar-refractivity contribution < 1.29 is 5.11 Å². The fourth-order valence-corrected chi connectivity index (χ4v) is 2.69. The van der Waals surface area contributed by atoms with E-state index in [1.807, 2.05) is 0 Å². The van der Waals surface area contributed by atoms with E-state index in [0.29, 0.717) is 18.4 Å². The highest BCUT2D eigenvalue weighted by atomic mass is 16.3.